The van der Waals surface area contributed by atoms with Crippen molar-refractivity contribution in [2.75, 3.05) is 0 Å². The van der Waals surface area contributed by atoms with Gasteiger partial charge < -0.3 is 9.47 Å². The normalized spacial score (nSPS) is 48.0. The van der Waals surface area contributed by atoms with Gasteiger partial charge in [0.15, 0.2) is 0 Å². The van der Waals surface area contributed by atoms with Crippen molar-refractivity contribution < 1.29 is 19.1 Å². The minimum Gasteiger partial charge on any atom is -0.458 e. The molecule has 0 aromatic heterocycles. The molecule has 1 saturated heterocycles. The lowest BCUT2D eigenvalue weighted by molar-refractivity contribution is -0.180. The first-order valence-electron chi connectivity index (χ1n) is 9.54. The van der Waals surface area contributed by atoms with E-state index in [0.29, 0.717) is 36.5 Å². The minimum atomic E-state index is -0.723. The van der Waals surface area contributed by atoms with Crippen LogP contribution >= 0.6 is 0 Å². The lowest BCUT2D eigenvalue weighted by Gasteiger charge is -2.37. The number of ether oxygens (including phenoxy) is 2. The summed E-state index contributed by atoms with van der Waals surface area (Å²) in [6, 6.07) is 0. The summed E-state index contributed by atoms with van der Waals surface area (Å²) in [6.45, 7) is 3.76. The van der Waals surface area contributed by atoms with E-state index in [-0.39, 0.29) is 24.0 Å². The van der Waals surface area contributed by atoms with Crippen LogP contribution in [0, 0.1) is 41.4 Å². The number of esters is 2. The van der Waals surface area contributed by atoms with Gasteiger partial charge in [-0.3, -0.25) is 9.59 Å². The van der Waals surface area contributed by atoms with Gasteiger partial charge in [-0.25, -0.2) is 0 Å². The summed E-state index contributed by atoms with van der Waals surface area (Å²) in [6.07, 6.45) is 9.13. The Morgan fingerprint density at radius 1 is 1.17 bits per heavy atom. The Morgan fingerprint density at radius 3 is 2.62 bits per heavy atom. The molecule has 0 spiro atoms. The SMILES string of the molecule is CC(C)(OC(=O)C1CC2CC1C1C3C=CC(C3)C21)C1CCC(=O)O1. The number of carbonyl (C=O) groups excluding carboxylic acids is 2. The Bertz CT molecular complexity index is 621. The largest absolute Gasteiger partial charge is 0.458 e. The summed E-state index contributed by atoms with van der Waals surface area (Å²) in [5.41, 5.74) is -0.723. The van der Waals surface area contributed by atoms with Crippen molar-refractivity contribution in [3.8, 4) is 0 Å². The maximum atomic E-state index is 12.9. The van der Waals surface area contributed by atoms with Crippen LogP contribution in [0.5, 0.6) is 0 Å². The van der Waals surface area contributed by atoms with E-state index in [1.54, 1.807) is 0 Å². The molecule has 1 aliphatic heterocycles. The van der Waals surface area contributed by atoms with Crippen LogP contribution in [0.25, 0.3) is 0 Å². The zero-order valence-electron chi connectivity index (χ0n) is 14.4. The molecule has 0 radical (unpaired) electrons. The van der Waals surface area contributed by atoms with Crippen molar-refractivity contribution >= 4 is 11.9 Å². The molecule has 24 heavy (non-hydrogen) atoms. The van der Waals surface area contributed by atoms with Gasteiger partial charge in [0.05, 0.1) is 5.92 Å². The molecular weight excluding hydrogens is 304 g/mol. The van der Waals surface area contributed by atoms with E-state index >= 15 is 0 Å². The van der Waals surface area contributed by atoms with E-state index in [4.69, 9.17) is 9.47 Å². The van der Waals surface area contributed by atoms with Gasteiger partial charge in [-0.15, -0.1) is 0 Å². The maximum absolute atomic E-state index is 12.9. The molecule has 0 aromatic rings. The molecule has 4 bridgehead atoms. The van der Waals surface area contributed by atoms with Crippen LogP contribution in [0.15, 0.2) is 12.2 Å². The van der Waals surface area contributed by atoms with E-state index in [2.05, 4.69) is 12.2 Å². The third kappa shape index (κ3) is 1.98. The van der Waals surface area contributed by atoms with Gasteiger partial charge in [0.25, 0.3) is 0 Å². The first-order chi connectivity index (χ1) is 11.4. The first kappa shape index (κ1) is 15.0. The minimum absolute atomic E-state index is 0.0550. The highest BCUT2D eigenvalue weighted by Crippen LogP contribution is 2.67. The average Bonchev–Trinajstić information content (AvgIpc) is 3.31. The molecule has 4 heteroatoms. The molecule has 1 heterocycles. The number of carbonyl (C=O) groups is 2. The number of hydrogen-bond donors (Lipinski definition) is 0. The molecule has 5 aliphatic rings. The van der Waals surface area contributed by atoms with Crippen LogP contribution in [0.3, 0.4) is 0 Å². The predicted octanol–water partition coefficient (Wildman–Crippen LogP) is 3.11. The summed E-state index contributed by atoms with van der Waals surface area (Å²) in [4.78, 5) is 24.3. The monoisotopic (exact) mass is 330 g/mol. The molecular formula is C20H26O4. The van der Waals surface area contributed by atoms with Gasteiger partial charge in [-0.1, -0.05) is 12.2 Å². The van der Waals surface area contributed by atoms with Crippen LogP contribution in [0.2, 0.25) is 0 Å². The average molecular weight is 330 g/mol. The van der Waals surface area contributed by atoms with Gasteiger partial charge in [0.2, 0.25) is 0 Å². The Morgan fingerprint density at radius 2 is 1.92 bits per heavy atom. The van der Waals surface area contributed by atoms with Crippen molar-refractivity contribution in [2.24, 2.45) is 41.4 Å². The number of rotatable bonds is 3. The first-order valence-corrected chi connectivity index (χ1v) is 9.54. The molecule has 130 valence electrons. The Labute approximate surface area is 143 Å². The highest BCUT2D eigenvalue weighted by molar-refractivity contribution is 5.75. The molecule has 4 nitrogen and oxygen atoms in total. The Hall–Kier alpha value is -1.32. The molecule has 4 aliphatic carbocycles. The van der Waals surface area contributed by atoms with E-state index in [1.165, 1.54) is 12.8 Å². The molecule has 4 fully saturated rings. The molecule has 0 aromatic carbocycles. The summed E-state index contributed by atoms with van der Waals surface area (Å²) >= 11 is 0. The molecule has 8 unspecified atom stereocenters. The zero-order chi connectivity index (χ0) is 16.6. The van der Waals surface area contributed by atoms with Crippen molar-refractivity contribution in [3.63, 3.8) is 0 Å². The molecule has 5 rings (SSSR count). The summed E-state index contributed by atoms with van der Waals surface area (Å²) in [5, 5.41) is 0. The summed E-state index contributed by atoms with van der Waals surface area (Å²) in [7, 11) is 0. The molecule has 8 atom stereocenters. The predicted molar refractivity (Wildman–Crippen MR) is 86.7 cm³/mol. The fourth-order valence-electron chi connectivity index (χ4n) is 6.70. The van der Waals surface area contributed by atoms with Crippen LogP contribution in [-0.2, 0) is 19.1 Å². The van der Waals surface area contributed by atoms with E-state index in [9.17, 15) is 9.59 Å². The standard InChI is InChI=1S/C20H26O4/c1-20(2,15-5-6-16(21)23-15)24-19(22)14-9-12-8-13(14)18-11-4-3-10(7-11)17(12)18/h3-4,10-15,17-18H,5-9H2,1-2H3. The third-order valence-electron chi connectivity index (χ3n) is 7.60. The highest BCUT2D eigenvalue weighted by atomic mass is 16.6. The summed E-state index contributed by atoms with van der Waals surface area (Å²) in [5.74, 6) is 4.07. The van der Waals surface area contributed by atoms with E-state index in [0.717, 1.165) is 18.3 Å². The van der Waals surface area contributed by atoms with Gasteiger partial charge in [0.1, 0.15) is 11.7 Å². The van der Waals surface area contributed by atoms with Crippen molar-refractivity contribution in [2.45, 2.75) is 57.7 Å². The smallest absolute Gasteiger partial charge is 0.309 e. The van der Waals surface area contributed by atoms with Crippen LogP contribution in [0.4, 0.5) is 0 Å². The van der Waals surface area contributed by atoms with Crippen LogP contribution < -0.4 is 0 Å². The summed E-state index contributed by atoms with van der Waals surface area (Å²) < 4.78 is 11.2. The fraction of sp³-hybridized carbons (Fsp3) is 0.800. The third-order valence-corrected chi connectivity index (χ3v) is 7.60. The maximum Gasteiger partial charge on any atom is 0.309 e. The quantitative estimate of drug-likeness (QED) is 0.453. The molecule has 3 saturated carbocycles. The van der Waals surface area contributed by atoms with E-state index < -0.39 is 5.60 Å². The lowest BCUT2D eigenvalue weighted by Crippen LogP contribution is -2.44. The number of fused-ring (bicyclic) bond motifs is 9. The second-order valence-corrected chi connectivity index (χ2v) is 9.15. The molecule has 0 amide bonds. The van der Waals surface area contributed by atoms with Crippen molar-refractivity contribution in [1.29, 1.82) is 0 Å². The van der Waals surface area contributed by atoms with Gasteiger partial charge in [0, 0.05) is 6.42 Å². The molecule has 0 N–H and O–H groups in total. The van der Waals surface area contributed by atoms with Crippen LogP contribution in [-0.4, -0.2) is 23.6 Å². The van der Waals surface area contributed by atoms with Crippen molar-refractivity contribution in [1.82, 2.24) is 0 Å². The van der Waals surface area contributed by atoms with E-state index in [1.807, 2.05) is 13.8 Å². The lowest BCUT2D eigenvalue weighted by atomic mass is 9.69. The Balaban J connectivity index is 1.29. The van der Waals surface area contributed by atoms with Gasteiger partial charge >= 0.3 is 11.9 Å². The highest BCUT2D eigenvalue weighted by Gasteiger charge is 2.62. The number of hydrogen-bond acceptors (Lipinski definition) is 4. The zero-order valence-corrected chi connectivity index (χ0v) is 14.4. The van der Waals surface area contributed by atoms with Gasteiger partial charge in [-0.2, -0.15) is 0 Å². The van der Waals surface area contributed by atoms with Crippen molar-refractivity contribution in [3.05, 3.63) is 12.2 Å². The number of allylic oxidation sites excluding steroid dienone is 2. The van der Waals surface area contributed by atoms with Gasteiger partial charge in [-0.05, 0) is 75.0 Å². The second kappa shape index (κ2) is 4.86. The van der Waals surface area contributed by atoms with Crippen LogP contribution in [0.1, 0.15) is 46.0 Å². The fourth-order valence-corrected chi connectivity index (χ4v) is 6.70. The topological polar surface area (TPSA) is 52.6 Å². The number of cyclic esters (lactones) is 1. The Kier molecular flexibility index (Phi) is 3.03. The second-order valence-electron chi connectivity index (χ2n) is 9.15.